The van der Waals surface area contributed by atoms with Crippen LogP contribution in [0, 0.1) is 12.7 Å². The summed E-state index contributed by atoms with van der Waals surface area (Å²) in [5.74, 6) is 0.795. The number of aryl methyl sites for hydroxylation is 1. The first-order valence-electron chi connectivity index (χ1n) is 8.52. The maximum absolute atomic E-state index is 13.3. The average Bonchev–Trinajstić information content (AvgIpc) is 2.78. The van der Waals surface area contributed by atoms with E-state index in [4.69, 9.17) is 16.7 Å². The van der Waals surface area contributed by atoms with Gasteiger partial charge in [0, 0.05) is 22.7 Å². The molecule has 1 aromatic heterocycles. The fraction of sp³-hybridized carbons (Fsp3) is 0.250. The first kappa shape index (κ1) is 16.2. The minimum Gasteiger partial charge on any atom is -0.370 e. The lowest BCUT2D eigenvalue weighted by Crippen LogP contribution is -2.08. The van der Waals surface area contributed by atoms with E-state index in [-0.39, 0.29) is 5.82 Å². The van der Waals surface area contributed by atoms with E-state index in [1.807, 2.05) is 29.8 Å². The van der Waals surface area contributed by atoms with Crippen LogP contribution in [-0.2, 0) is 6.42 Å². The summed E-state index contributed by atoms with van der Waals surface area (Å²) in [5.41, 5.74) is 5.11. The van der Waals surface area contributed by atoms with Gasteiger partial charge in [-0.15, -0.1) is 0 Å². The second kappa shape index (κ2) is 6.52. The summed E-state index contributed by atoms with van der Waals surface area (Å²) in [6.07, 6.45) is 3.19. The number of benzene rings is 2. The molecule has 1 aliphatic heterocycles. The highest BCUT2D eigenvalue weighted by Crippen LogP contribution is 2.35. The maximum Gasteiger partial charge on any atom is 0.133 e. The van der Waals surface area contributed by atoms with E-state index in [1.165, 1.54) is 17.7 Å². The predicted molar refractivity (Wildman–Crippen MR) is 100 cm³/mol. The van der Waals surface area contributed by atoms with Crippen molar-refractivity contribution in [2.45, 2.75) is 26.2 Å². The van der Waals surface area contributed by atoms with Crippen molar-refractivity contribution in [3.63, 3.8) is 0 Å². The Kier molecular flexibility index (Phi) is 4.22. The molecule has 0 saturated heterocycles. The van der Waals surface area contributed by atoms with Crippen LogP contribution in [0.15, 0.2) is 42.5 Å². The number of hydrogen-bond acceptors (Lipinski definition) is 2. The van der Waals surface area contributed by atoms with E-state index in [2.05, 4.69) is 5.32 Å². The minimum atomic E-state index is -0.235. The van der Waals surface area contributed by atoms with E-state index in [9.17, 15) is 4.39 Å². The Morgan fingerprint density at radius 3 is 2.68 bits per heavy atom. The molecule has 1 N–H and O–H groups in total. The van der Waals surface area contributed by atoms with E-state index < -0.39 is 0 Å². The van der Waals surface area contributed by atoms with Gasteiger partial charge in [-0.1, -0.05) is 11.6 Å². The van der Waals surface area contributed by atoms with Gasteiger partial charge < -0.3 is 5.32 Å². The normalized spacial score (nSPS) is 13.9. The van der Waals surface area contributed by atoms with E-state index in [0.717, 1.165) is 54.1 Å². The fourth-order valence-corrected chi connectivity index (χ4v) is 3.60. The SMILES string of the molecule is Cc1cc(Cl)ccc1-n1nc(-c2ccc(F)cc2)c2c1NCCCC2. The molecule has 0 atom stereocenters. The summed E-state index contributed by atoms with van der Waals surface area (Å²) in [4.78, 5) is 0. The lowest BCUT2D eigenvalue weighted by Gasteiger charge is -2.11. The van der Waals surface area contributed by atoms with Gasteiger partial charge in [0.1, 0.15) is 11.6 Å². The molecule has 0 aliphatic carbocycles. The third-order valence-electron chi connectivity index (χ3n) is 4.63. The summed E-state index contributed by atoms with van der Waals surface area (Å²) >= 11 is 6.11. The predicted octanol–water partition coefficient (Wildman–Crippen LogP) is 5.39. The Morgan fingerprint density at radius 1 is 1.12 bits per heavy atom. The van der Waals surface area contributed by atoms with Crippen molar-refractivity contribution in [3.8, 4) is 16.9 Å². The quantitative estimate of drug-likeness (QED) is 0.668. The first-order chi connectivity index (χ1) is 12.1. The molecule has 3 nitrogen and oxygen atoms in total. The van der Waals surface area contributed by atoms with Crippen molar-refractivity contribution in [1.29, 1.82) is 0 Å². The zero-order valence-corrected chi connectivity index (χ0v) is 14.8. The van der Waals surface area contributed by atoms with Crippen LogP contribution >= 0.6 is 11.6 Å². The number of anilines is 1. The van der Waals surface area contributed by atoms with Gasteiger partial charge in [0.15, 0.2) is 0 Å². The van der Waals surface area contributed by atoms with Crippen LogP contribution in [0.3, 0.4) is 0 Å². The number of fused-ring (bicyclic) bond motifs is 1. The number of rotatable bonds is 2. The Labute approximate surface area is 151 Å². The Morgan fingerprint density at radius 2 is 1.92 bits per heavy atom. The molecule has 0 bridgehead atoms. The molecule has 0 fully saturated rings. The standard InChI is InChI=1S/C20H19ClFN3/c1-13-12-15(21)7-10-18(13)25-20-17(4-2-3-11-23-20)19(24-25)14-5-8-16(22)9-6-14/h5-10,12,23H,2-4,11H2,1H3. The van der Waals surface area contributed by atoms with Crippen molar-refractivity contribution in [1.82, 2.24) is 9.78 Å². The molecule has 128 valence electrons. The Balaban J connectivity index is 1.91. The second-order valence-electron chi connectivity index (χ2n) is 6.41. The first-order valence-corrected chi connectivity index (χ1v) is 8.89. The van der Waals surface area contributed by atoms with Crippen LogP contribution in [0.2, 0.25) is 5.02 Å². The third kappa shape index (κ3) is 3.02. The van der Waals surface area contributed by atoms with Gasteiger partial charge in [-0.3, -0.25) is 0 Å². The van der Waals surface area contributed by atoms with E-state index >= 15 is 0 Å². The zero-order chi connectivity index (χ0) is 17.4. The van der Waals surface area contributed by atoms with E-state index in [0.29, 0.717) is 5.02 Å². The van der Waals surface area contributed by atoms with Crippen LogP contribution in [0.25, 0.3) is 16.9 Å². The van der Waals surface area contributed by atoms with Crippen LogP contribution in [0.1, 0.15) is 24.0 Å². The number of aromatic nitrogens is 2. The lowest BCUT2D eigenvalue weighted by molar-refractivity contribution is 0.628. The van der Waals surface area contributed by atoms with Gasteiger partial charge in [-0.25, -0.2) is 9.07 Å². The summed E-state index contributed by atoms with van der Waals surface area (Å²) in [6.45, 7) is 2.96. The Hall–Kier alpha value is -2.33. The highest BCUT2D eigenvalue weighted by Gasteiger charge is 2.22. The van der Waals surface area contributed by atoms with Crippen molar-refractivity contribution < 1.29 is 4.39 Å². The summed E-state index contributed by atoms with van der Waals surface area (Å²) < 4.78 is 15.3. The second-order valence-corrected chi connectivity index (χ2v) is 6.85. The average molecular weight is 356 g/mol. The molecule has 0 spiro atoms. The van der Waals surface area contributed by atoms with Gasteiger partial charge >= 0.3 is 0 Å². The van der Waals surface area contributed by atoms with Crippen molar-refractivity contribution in [2.75, 3.05) is 11.9 Å². The molecule has 0 radical (unpaired) electrons. The molecule has 0 amide bonds. The van der Waals surface area contributed by atoms with Gasteiger partial charge in [0.25, 0.3) is 0 Å². The smallest absolute Gasteiger partial charge is 0.133 e. The molecule has 0 saturated carbocycles. The van der Waals surface area contributed by atoms with Gasteiger partial charge in [0.05, 0.1) is 11.4 Å². The third-order valence-corrected chi connectivity index (χ3v) is 4.87. The molecular formula is C20H19ClFN3. The monoisotopic (exact) mass is 355 g/mol. The van der Waals surface area contributed by atoms with Gasteiger partial charge in [0.2, 0.25) is 0 Å². The minimum absolute atomic E-state index is 0.235. The molecule has 4 rings (SSSR count). The summed E-state index contributed by atoms with van der Waals surface area (Å²) in [6, 6.07) is 12.4. The van der Waals surface area contributed by atoms with Crippen LogP contribution in [0.5, 0.6) is 0 Å². The number of hydrogen-bond donors (Lipinski definition) is 1. The topological polar surface area (TPSA) is 29.9 Å². The molecule has 0 unspecified atom stereocenters. The molecule has 5 heteroatoms. The fourth-order valence-electron chi connectivity index (χ4n) is 3.37. The molecule has 25 heavy (non-hydrogen) atoms. The van der Waals surface area contributed by atoms with Gasteiger partial charge in [-0.2, -0.15) is 5.10 Å². The molecule has 2 heterocycles. The molecule has 1 aliphatic rings. The molecule has 2 aromatic carbocycles. The van der Waals surface area contributed by atoms with Crippen LogP contribution in [-0.4, -0.2) is 16.3 Å². The number of halogens is 2. The van der Waals surface area contributed by atoms with Crippen LogP contribution < -0.4 is 5.32 Å². The van der Waals surface area contributed by atoms with Crippen molar-refractivity contribution in [3.05, 3.63) is 64.4 Å². The van der Waals surface area contributed by atoms with Crippen LogP contribution in [0.4, 0.5) is 10.2 Å². The summed E-state index contributed by atoms with van der Waals surface area (Å²) in [5, 5.41) is 9.13. The highest BCUT2D eigenvalue weighted by molar-refractivity contribution is 6.30. The lowest BCUT2D eigenvalue weighted by atomic mass is 10.0. The van der Waals surface area contributed by atoms with E-state index in [1.54, 1.807) is 12.1 Å². The van der Waals surface area contributed by atoms with Crippen molar-refractivity contribution >= 4 is 17.4 Å². The highest BCUT2D eigenvalue weighted by atomic mass is 35.5. The number of nitrogens with zero attached hydrogens (tertiary/aromatic N) is 2. The molecule has 3 aromatic rings. The Bertz CT molecular complexity index is 915. The largest absolute Gasteiger partial charge is 0.370 e. The summed E-state index contributed by atoms with van der Waals surface area (Å²) in [7, 11) is 0. The van der Waals surface area contributed by atoms with Crippen molar-refractivity contribution in [2.24, 2.45) is 0 Å². The maximum atomic E-state index is 13.3. The zero-order valence-electron chi connectivity index (χ0n) is 14.0. The number of nitrogens with one attached hydrogen (secondary N) is 1. The van der Waals surface area contributed by atoms with Gasteiger partial charge in [-0.05, 0) is 74.2 Å². The molecular weight excluding hydrogens is 337 g/mol.